The molecule has 1 aliphatic heterocycles. The van der Waals surface area contributed by atoms with Crippen molar-refractivity contribution < 1.29 is 5.11 Å². The lowest BCUT2D eigenvalue weighted by atomic mass is 10.0. The summed E-state index contributed by atoms with van der Waals surface area (Å²) in [6, 6.07) is 8.20. The van der Waals surface area contributed by atoms with Gasteiger partial charge in [0.05, 0.1) is 12.1 Å². The quantitative estimate of drug-likeness (QED) is 0.943. The molecule has 2 heterocycles. The molecule has 1 aromatic heterocycles. The Labute approximate surface area is 124 Å². The third-order valence-corrected chi connectivity index (χ3v) is 4.46. The molecule has 0 amide bonds. The minimum Gasteiger partial charge on any atom is -0.395 e. The van der Waals surface area contributed by atoms with Crippen LogP contribution in [0.3, 0.4) is 0 Å². The number of benzene rings is 1. The molecule has 1 saturated heterocycles. The first-order chi connectivity index (χ1) is 9.79. The van der Waals surface area contributed by atoms with E-state index in [-0.39, 0.29) is 12.6 Å². The molecule has 0 radical (unpaired) electrons. The van der Waals surface area contributed by atoms with E-state index < -0.39 is 0 Å². The molecule has 2 aromatic rings. The summed E-state index contributed by atoms with van der Waals surface area (Å²) in [5.41, 5.74) is 2.16. The van der Waals surface area contributed by atoms with Crippen molar-refractivity contribution in [1.82, 2.24) is 9.88 Å². The van der Waals surface area contributed by atoms with E-state index in [9.17, 15) is 5.11 Å². The van der Waals surface area contributed by atoms with E-state index in [1.807, 2.05) is 24.4 Å². The van der Waals surface area contributed by atoms with Gasteiger partial charge in [-0.15, -0.1) is 0 Å². The van der Waals surface area contributed by atoms with Crippen molar-refractivity contribution in [2.45, 2.75) is 31.8 Å². The van der Waals surface area contributed by atoms with E-state index in [1.54, 1.807) is 0 Å². The number of nitrogens with zero attached hydrogens (tertiary/aromatic N) is 2. The van der Waals surface area contributed by atoms with Gasteiger partial charge in [0.25, 0.3) is 0 Å². The van der Waals surface area contributed by atoms with Crippen LogP contribution in [0, 0.1) is 0 Å². The molecular weight excluding hydrogens is 272 g/mol. The van der Waals surface area contributed by atoms with Crippen molar-refractivity contribution in [3.05, 3.63) is 41.0 Å². The van der Waals surface area contributed by atoms with Gasteiger partial charge in [0.15, 0.2) is 0 Å². The van der Waals surface area contributed by atoms with Crippen molar-refractivity contribution in [3.8, 4) is 0 Å². The molecule has 0 aliphatic carbocycles. The Balaban J connectivity index is 1.92. The van der Waals surface area contributed by atoms with Crippen LogP contribution in [0.2, 0.25) is 5.02 Å². The SMILES string of the molecule is OCC1CCCCN1Cc1ccc(Cl)c2cccnc12. The number of piperidine rings is 1. The van der Waals surface area contributed by atoms with Gasteiger partial charge in [-0.3, -0.25) is 9.88 Å². The largest absolute Gasteiger partial charge is 0.395 e. The molecule has 20 heavy (non-hydrogen) atoms. The maximum atomic E-state index is 9.52. The second kappa shape index (κ2) is 6.08. The number of halogens is 1. The van der Waals surface area contributed by atoms with E-state index in [1.165, 1.54) is 18.4 Å². The molecule has 1 unspecified atom stereocenters. The maximum Gasteiger partial charge on any atom is 0.0761 e. The van der Waals surface area contributed by atoms with Crippen LogP contribution in [0.15, 0.2) is 30.5 Å². The van der Waals surface area contributed by atoms with E-state index in [4.69, 9.17) is 11.6 Å². The number of hydrogen-bond donors (Lipinski definition) is 1. The van der Waals surface area contributed by atoms with E-state index >= 15 is 0 Å². The van der Waals surface area contributed by atoms with Gasteiger partial charge >= 0.3 is 0 Å². The van der Waals surface area contributed by atoms with Crippen molar-refractivity contribution >= 4 is 22.5 Å². The van der Waals surface area contributed by atoms with E-state index in [0.717, 1.165) is 35.4 Å². The van der Waals surface area contributed by atoms with Crippen LogP contribution in [-0.2, 0) is 6.54 Å². The Morgan fingerprint density at radius 2 is 2.20 bits per heavy atom. The van der Waals surface area contributed by atoms with Gasteiger partial charge in [-0.05, 0) is 43.1 Å². The average Bonchev–Trinajstić information content (AvgIpc) is 2.51. The predicted octanol–water partition coefficient (Wildman–Crippen LogP) is 3.24. The summed E-state index contributed by atoms with van der Waals surface area (Å²) in [7, 11) is 0. The first-order valence-electron chi connectivity index (χ1n) is 7.16. The van der Waals surface area contributed by atoms with Gasteiger partial charge in [0.2, 0.25) is 0 Å². The van der Waals surface area contributed by atoms with Crippen LogP contribution < -0.4 is 0 Å². The number of pyridine rings is 1. The molecule has 1 aromatic carbocycles. The molecule has 1 aliphatic rings. The highest BCUT2D eigenvalue weighted by atomic mass is 35.5. The number of hydrogen-bond acceptors (Lipinski definition) is 3. The molecule has 106 valence electrons. The third kappa shape index (κ3) is 2.66. The number of likely N-dealkylation sites (tertiary alicyclic amines) is 1. The summed E-state index contributed by atoms with van der Waals surface area (Å²) in [5, 5.41) is 11.3. The van der Waals surface area contributed by atoms with Crippen molar-refractivity contribution in [2.75, 3.05) is 13.2 Å². The second-order valence-electron chi connectivity index (χ2n) is 5.41. The smallest absolute Gasteiger partial charge is 0.0761 e. The fraction of sp³-hybridized carbons (Fsp3) is 0.438. The highest BCUT2D eigenvalue weighted by Gasteiger charge is 2.22. The van der Waals surface area contributed by atoms with Gasteiger partial charge in [-0.2, -0.15) is 0 Å². The van der Waals surface area contributed by atoms with Crippen LogP contribution >= 0.6 is 11.6 Å². The van der Waals surface area contributed by atoms with Gasteiger partial charge in [-0.25, -0.2) is 0 Å². The van der Waals surface area contributed by atoms with Crippen molar-refractivity contribution in [2.24, 2.45) is 0 Å². The van der Waals surface area contributed by atoms with Gasteiger partial charge in [0, 0.05) is 29.2 Å². The molecule has 3 nitrogen and oxygen atoms in total. The summed E-state index contributed by atoms with van der Waals surface area (Å²) in [5.74, 6) is 0. The molecule has 0 spiro atoms. The van der Waals surface area contributed by atoms with Gasteiger partial charge in [-0.1, -0.05) is 24.1 Å². The first kappa shape index (κ1) is 13.8. The minimum atomic E-state index is 0.235. The highest BCUT2D eigenvalue weighted by Crippen LogP contribution is 2.27. The number of aliphatic hydroxyl groups excluding tert-OH is 1. The van der Waals surface area contributed by atoms with Crippen molar-refractivity contribution in [1.29, 1.82) is 0 Å². The van der Waals surface area contributed by atoms with Gasteiger partial charge in [0.1, 0.15) is 0 Å². The minimum absolute atomic E-state index is 0.235. The Bertz CT molecular complexity index is 602. The lowest BCUT2D eigenvalue weighted by molar-refractivity contribution is 0.0844. The zero-order chi connectivity index (χ0) is 13.9. The topological polar surface area (TPSA) is 36.4 Å². The maximum absolute atomic E-state index is 9.52. The molecule has 0 saturated carbocycles. The number of aliphatic hydroxyl groups is 1. The summed E-state index contributed by atoms with van der Waals surface area (Å²) in [4.78, 5) is 6.85. The zero-order valence-electron chi connectivity index (χ0n) is 11.4. The Hall–Kier alpha value is -1.16. The first-order valence-corrected chi connectivity index (χ1v) is 7.54. The van der Waals surface area contributed by atoms with Gasteiger partial charge < -0.3 is 5.11 Å². The molecule has 1 fully saturated rings. The third-order valence-electron chi connectivity index (χ3n) is 4.13. The van der Waals surface area contributed by atoms with Crippen LogP contribution in [-0.4, -0.2) is 34.2 Å². The molecule has 3 rings (SSSR count). The molecule has 4 heteroatoms. The molecular formula is C16H19ClN2O. The van der Waals surface area contributed by atoms with Crippen LogP contribution in [0.25, 0.3) is 10.9 Å². The average molecular weight is 291 g/mol. The summed E-state index contributed by atoms with van der Waals surface area (Å²) >= 11 is 6.23. The fourth-order valence-corrected chi connectivity index (χ4v) is 3.23. The van der Waals surface area contributed by atoms with E-state index in [0.29, 0.717) is 0 Å². The van der Waals surface area contributed by atoms with Crippen LogP contribution in [0.1, 0.15) is 24.8 Å². The predicted molar refractivity (Wildman–Crippen MR) is 81.9 cm³/mol. The lowest BCUT2D eigenvalue weighted by Crippen LogP contribution is -2.41. The zero-order valence-corrected chi connectivity index (χ0v) is 12.2. The Morgan fingerprint density at radius 3 is 3.05 bits per heavy atom. The number of fused-ring (bicyclic) bond motifs is 1. The Morgan fingerprint density at radius 1 is 1.30 bits per heavy atom. The Kier molecular flexibility index (Phi) is 4.20. The second-order valence-corrected chi connectivity index (χ2v) is 5.82. The van der Waals surface area contributed by atoms with Crippen LogP contribution in [0.5, 0.6) is 0 Å². The standard InChI is InChI=1S/C16H19ClN2O/c17-15-7-6-12(16-14(15)5-3-8-18-16)10-19-9-2-1-4-13(19)11-20/h3,5-8,13,20H,1-2,4,9-11H2. The normalized spacial score (nSPS) is 20.4. The molecule has 1 atom stereocenters. The van der Waals surface area contributed by atoms with Crippen molar-refractivity contribution in [3.63, 3.8) is 0 Å². The van der Waals surface area contributed by atoms with E-state index in [2.05, 4.69) is 16.0 Å². The summed E-state index contributed by atoms with van der Waals surface area (Å²) < 4.78 is 0. The monoisotopic (exact) mass is 290 g/mol. The summed E-state index contributed by atoms with van der Waals surface area (Å²) in [6.45, 7) is 2.11. The fourth-order valence-electron chi connectivity index (χ4n) is 3.02. The van der Waals surface area contributed by atoms with Crippen LogP contribution in [0.4, 0.5) is 0 Å². The number of aromatic nitrogens is 1. The lowest BCUT2D eigenvalue weighted by Gasteiger charge is -2.34. The molecule has 0 bridgehead atoms. The summed E-state index contributed by atoms with van der Waals surface area (Å²) in [6.07, 6.45) is 5.30. The highest BCUT2D eigenvalue weighted by molar-refractivity contribution is 6.35. The molecule has 1 N–H and O–H groups in total. The number of rotatable bonds is 3.